The minimum absolute atomic E-state index is 0.678. The Balaban J connectivity index is 1.72. The third kappa shape index (κ3) is 3.28. The van der Waals surface area contributed by atoms with E-state index >= 15 is 0 Å². The number of nitrogens with one attached hydrogen (secondary N) is 1. The smallest absolute Gasteiger partial charge is 0.161 e. The van der Waals surface area contributed by atoms with Crippen LogP contribution in [0.25, 0.3) is 0 Å². The highest BCUT2D eigenvalue weighted by Crippen LogP contribution is 2.28. The predicted octanol–water partition coefficient (Wildman–Crippen LogP) is 3.07. The third-order valence-corrected chi connectivity index (χ3v) is 4.19. The number of thiophene rings is 1. The fraction of sp³-hybridized carbons (Fsp3) is 0.250. The second-order valence-corrected chi connectivity index (χ2v) is 5.85. The summed E-state index contributed by atoms with van der Waals surface area (Å²) in [5.74, 6) is 3.11. The molecule has 0 saturated heterocycles. The average Bonchev–Trinajstić information content (AvgIpc) is 3.20. The summed E-state index contributed by atoms with van der Waals surface area (Å²) in [6, 6.07) is 9.99. The number of aromatic amines is 1. The van der Waals surface area contributed by atoms with E-state index in [1.165, 1.54) is 4.88 Å². The van der Waals surface area contributed by atoms with E-state index in [9.17, 15) is 0 Å². The molecule has 6 heteroatoms. The average molecular weight is 315 g/mol. The number of benzene rings is 1. The van der Waals surface area contributed by atoms with Gasteiger partial charge in [0.25, 0.3) is 0 Å². The van der Waals surface area contributed by atoms with Crippen LogP contribution in [-0.4, -0.2) is 29.4 Å². The van der Waals surface area contributed by atoms with Gasteiger partial charge in [0.1, 0.15) is 5.82 Å². The largest absolute Gasteiger partial charge is 0.493 e. The van der Waals surface area contributed by atoms with Crippen LogP contribution >= 0.6 is 11.3 Å². The summed E-state index contributed by atoms with van der Waals surface area (Å²) >= 11 is 1.72. The van der Waals surface area contributed by atoms with Gasteiger partial charge in [-0.3, -0.25) is 5.10 Å². The Labute approximate surface area is 132 Å². The van der Waals surface area contributed by atoms with Gasteiger partial charge in [0, 0.05) is 17.7 Å². The maximum Gasteiger partial charge on any atom is 0.161 e. The van der Waals surface area contributed by atoms with Crippen molar-refractivity contribution in [2.45, 2.75) is 12.8 Å². The molecule has 1 aromatic carbocycles. The molecular formula is C16H17N3O2S. The number of methoxy groups -OCH3 is 2. The summed E-state index contributed by atoms with van der Waals surface area (Å²) in [4.78, 5) is 5.81. The number of hydrogen-bond donors (Lipinski definition) is 1. The Hall–Kier alpha value is -2.34. The molecule has 2 heterocycles. The van der Waals surface area contributed by atoms with Gasteiger partial charge in [-0.2, -0.15) is 5.10 Å². The quantitative estimate of drug-likeness (QED) is 0.759. The topological polar surface area (TPSA) is 60.0 Å². The van der Waals surface area contributed by atoms with Gasteiger partial charge >= 0.3 is 0 Å². The zero-order valence-electron chi connectivity index (χ0n) is 12.5. The molecule has 0 spiro atoms. The van der Waals surface area contributed by atoms with Crippen molar-refractivity contribution in [1.82, 2.24) is 15.2 Å². The Morgan fingerprint density at radius 2 is 1.95 bits per heavy atom. The lowest BCUT2D eigenvalue weighted by molar-refractivity contribution is 0.354. The van der Waals surface area contributed by atoms with Crippen LogP contribution in [0, 0.1) is 0 Å². The first-order valence-corrected chi connectivity index (χ1v) is 7.80. The summed E-state index contributed by atoms with van der Waals surface area (Å²) in [5.41, 5.74) is 1.09. The van der Waals surface area contributed by atoms with E-state index < -0.39 is 0 Å². The summed E-state index contributed by atoms with van der Waals surface area (Å²) in [6.45, 7) is 0. The van der Waals surface area contributed by atoms with E-state index in [2.05, 4.69) is 26.6 Å². The van der Waals surface area contributed by atoms with Crippen molar-refractivity contribution in [3.8, 4) is 11.5 Å². The summed E-state index contributed by atoms with van der Waals surface area (Å²) < 4.78 is 10.6. The summed E-state index contributed by atoms with van der Waals surface area (Å²) in [5, 5.41) is 9.34. The van der Waals surface area contributed by atoms with Crippen molar-refractivity contribution in [3.05, 3.63) is 57.8 Å². The zero-order chi connectivity index (χ0) is 15.4. The van der Waals surface area contributed by atoms with Gasteiger partial charge in [-0.25, -0.2) is 4.98 Å². The van der Waals surface area contributed by atoms with E-state index in [1.54, 1.807) is 25.6 Å². The Morgan fingerprint density at radius 3 is 2.68 bits per heavy atom. The minimum atomic E-state index is 0.678. The fourth-order valence-electron chi connectivity index (χ4n) is 2.25. The molecule has 0 aliphatic carbocycles. The molecule has 3 aromatic rings. The van der Waals surface area contributed by atoms with E-state index in [-0.39, 0.29) is 0 Å². The van der Waals surface area contributed by atoms with Crippen LogP contribution in [0.15, 0.2) is 35.7 Å². The fourth-order valence-corrected chi connectivity index (χ4v) is 2.95. The van der Waals surface area contributed by atoms with E-state index in [4.69, 9.17) is 9.47 Å². The Morgan fingerprint density at radius 1 is 1.09 bits per heavy atom. The maximum absolute atomic E-state index is 5.32. The second kappa shape index (κ2) is 6.62. The highest BCUT2D eigenvalue weighted by molar-refractivity contribution is 7.09. The van der Waals surface area contributed by atoms with Crippen LogP contribution in [0.1, 0.15) is 22.1 Å². The molecule has 0 fully saturated rings. The molecule has 5 nitrogen and oxygen atoms in total. The highest BCUT2D eigenvalue weighted by atomic mass is 32.1. The second-order valence-electron chi connectivity index (χ2n) is 4.82. The van der Waals surface area contributed by atoms with Crippen molar-refractivity contribution in [3.63, 3.8) is 0 Å². The first-order valence-electron chi connectivity index (χ1n) is 6.92. The number of aromatic nitrogens is 3. The predicted molar refractivity (Wildman–Crippen MR) is 85.9 cm³/mol. The minimum Gasteiger partial charge on any atom is -0.493 e. The molecule has 2 aromatic heterocycles. The molecule has 0 amide bonds. The first kappa shape index (κ1) is 14.6. The van der Waals surface area contributed by atoms with Gasteiger partial charge in [0.2, 0.25) is 0 Å². The molecular weight excluding hydrogens is 298 g/mol. The number of nitrogens with zero attached hydrogens (tertiary/aromatic N) is 2. The Bertz CT molecular complexity index is 738. The van der Waals surface area contributed by atoms with Crippen LogP contribution in [0.3, 0.4) is 0 Å². The molecule has 0 atom stereocenters. The van der Waals surface area contributed by atoms with Crippen molar-refractivity contribution in [2.24, 2.45) is 0 Å². The molecule has 3 rings (SSSR count). The van der Waals surface area contributed by atoms with Crippen LogP contribution in [0.5, 0.6) is 11.5 Å². The van der Waals surface area contributed by atoms with E-state index in [0.29, 0.717) is 6.42 Å². The standard InChI is InChI=1S/C16H17N3O2S/c1-20-13-6-5-11(8-14(13)21-2)9-15-17-16(19-18-15)10-12-4-3-7-22-12/h3-8H,9-10H2,1-2H3,(H,17,18,19). The van der Waals surface area contributed by atoms with Gasteiger partial charge < -0.3 is 9.47 Å². The summed E-state index contributed by atoms with van der Waals surface area (Å²) in [7, 11) is 3.26. The lowest BCUT2D eigenvalue weighted by Crippen LogP contribution is -1.95. The number of H-pyrrole nitrogens is 1. The molecule has 0 radical (unpaired) electrons. The molecule has 22 heavy (non-hydrogen) atoms. The number of ether oxygens (including phenoxy) is 2. The van der Waals surface area contributed by atoms with Crippen molar-refractivity contribution in [1.29, 1.82) is 0 Å². The van der Waals surface area contributed by atoms with Crippen LogP contribution < -0.4 is 9.47 Å². The van der Waals surface area contributed by atoms with Gasteiger partial charge in [-0.15, -0.1) is 11.3 Å². The van der Waals surface area contributed by atoms with E-state index in [0.717, 1.165) is 35.1 Å². The molecule has 1 N–H and O–H groups in total. The maximum atomic E-state index is 5.32. The van der Waals surface area contributed by atoms with E-state index in [1.807, 2.05) is 24.3 Å². The van der Waals surface area contributed by atoms with Gasteiger partial charge in [-0.05, 0) is 29.1 Å². The van der Waals surface area contributed by atoms with Gasteiger partial charge in [0.15, 0.2) is 17.3 Å². The van der Waals surface area contributed by atoms with Crippen molar-refractivity contribution in [2.75, 3.05) is 14.2 Å². The molecule has 0 bridgehead atoms. The molecule has 0 saturated carbocycles. The summed E-state index contributed by atoms with van der Waals surface area (Å²) in [6.07, 6.45) is 1.44. The SMILES string of the molecule is COc1ccc(Cc2nc(Cc3cccs3)n[nH]2)cc1OC. The molecule has 114 valence electrons. The monoisotopic (exact) mass is 315 g/mol. The zero-order valence-corrected chi connectivity index (χ0v) is 13.3. The van der Waals surface area contributed by atoms with Crippen molar-refractivity contribution >= 4 is 11.3 Å². The highest BCUT2D eigenvalue weighted by Gasteiger charge is 2.09. The lowest BCUT2D eigenvalue weighted by atomic mass is 10.1. The van der Waals surface area contributed by atoms with Crippen molar-refractivity contribution < 1.29 is 9.47 Å². The number of rotatable bonds is 6. The molecule has 0 aliphatic heterocycles. The molecule has 0 aliphatic rings. The normalized spacial score (nSPS) is 10.6. The van der Waals surface area contributed by atoms with Crippen LogP contribution in [-0.2, 0) is 12.8 Å². The van der Waals surface area contributed by atoms with Crippen LogP contribution in [0.4, 0.5) is 0 Å². The van der Waals surface area contributed by atoms with Gasteiger partial charge in [0.05, 0.1) is 14.2 Å². The lowest BCUT2D eigenvalue weighted by Gasteiger charge is -2.08. The Kier molecular flexibility index (Phi) is 4.39. The third-order valence-electron chi connectivity index (χ3n) is 3.31. The number of hydrogen-bond acceptors (Lipinski definition) is 5. The van der Waals surface area contributed by atoms with Gasteiger partial charge in [-0.1, -0.05) is 12.1 Å². The first-order chi connectivity index (χ1) is 10.8. The van der Waals surface area contributed by atoms with Crippen LogP contribution in [0.2, 0.25) is 0 Å². The molecule has 0 unspecified atom stereocenters.